The molecule has 2 rings (SSSR count). The Hall–Kier alpha value is -1.34. The molecule has 1 aliphatic rings. The molecule has 0 bridgehead atoms. The normalized spacial score (nSPS) is 24.8. The Kier molecular flexibility index (Phi) is 3.93. The van der Waals surface area contributed by atoms with Crippen molar-refractivity contribution < 1.29 is 22.7 Å². The van der Waals surface area contributed by atoms with Crippen molar-refractivity contribution >= 4 is 16.0 Å². The second-order valence-electron chi connectivity index (χ2n) is 5.30. The van der Waals surface area contributed by atoms with Crippen LogP contribution in [-0.4, -0.2) is 35.9 Å². The number of rotatable bonds is 3. The van der Waals surface area contributed by atoms with E-state index in [1.807, 2.05) is 13.8 Å². The first-order valence-electron chi connectivity index (χ1n) is 6.62. The minimum absolute atomic E-state index is 0.0458. The van der Waals surface area contributed by atoms with Crippen molar-refractivity contribution in [2.45, 2.75) is 57.0 Å². The summed E-state index contributed by atoms with van der Waals surface area (Å²) in [4.78, 5) is 10.9. The number of carboxylic acid groups (broad SMARTS) is 1. The average molecular weight is 301 g/mol. The summed E-state index contributed by atoms with van der Waals surface area (Å²) in [6, 6.07) is 0.916. The van der Waals surface area contributed by atoms with Crippen molar-refractivity contribution in [3.05, 3.63) is 17.6 Å². The molecule has 0 aromatic carbocycles. The molecule has 20 heavy (non-hydrogen) atoms. The minimum Gasteiger partial charge on any atom is -0.475 e. The van der Waals surface area contributed by atoms with Crippen LogP contribution in [0.4, 0.5) is 0 Å². The fourth-order valence-electron chi connectivity index (χ4n) is 2.81. The van der Waals surface area contributed by atoms with Gasteiger partial charge in [-0.1, -0.05) is 6.42 Å². The lowest BCUT2D eigenvalue weighted by Gasteiger charge is -2.37. The van der Waals surface area contributed by atoms with Gasteiger partial charge >= 0.3 is 5.97 Å². The molecule has 7 heteroatoms. The summed E-state index contributed by atoms with van der Waals surface area (Å²) in [7, 11) is -3.73. The van der Waals surface area contributed by atoms with Gasteiger partial charge in [0.05, 0.1) is 0 Å². The standard InChI is InChI=1S/C13H19NO5S/c1-8-5-4-6-9(2)14(8)20(17,18)12-7-11(13(15)16)19-10(12)3/h7-9H,4-6H2,1-3H3,(H,15,16)/t8-,9+. The van der Waals surface area contributed by atoms with Crippen LogP contribution in [0.25, 0.3) is 0 Å². The molecule has 0 radical (unpaired) electrons. The van der Waals surface area contributed by atoms with Gasteiger partial charge in [0, 0.05) is 18.2 Å². The lowest BCUT2D eigenvalue weighted by Crippen LogP contribution is -2.47. The van der Waals surface area contributed by atoms with Gasteiger partial charge in [-0.15, -0.1) is 0 Å². The molecule has 1 saturated heterocycles. The second-order valence-corrected chi connectivity index (χ2v) is 7.11. The number of nitrogens with zero attached hydrogens (tertiary/aromatic N) is 1. The molecule has 1 N–H and O–H groups in total. The Morgan fingerprint density at radius 2 is 1.90 bits per heavy atom. The van der Waals surface area contributed by atoms with Crippen LogP contribution in [0.1, 0.15) is 49.4 Å². The van der Waals surface area contributed by atoms with Crippen LogP contribution in [0, 0.1) is 6.92 Å². The fourth-order valence-corrected chi connectivity index (χ4v) is 4.86. The maximum atomic E-state index is 12.7. The van der Waals surface area contributed by atoms with E-state index in [2.05, 4.69) is 0 Å². The number of sulfonamides is 1. The van der Waals surface area contributed by atoms with Crippen molar-refractivity contribution in [2.75, 3.05) is 0 Å². The van der Waals surface area contributed by atoms with Gasteiger partial charge in [0.15, 0.2) is 0 Å². The number of furan rings is 1. The smallest absolute Gasteiger partial charge is 0.371 e. The minimum atomic E-state index is -3.73. The Bertz CT molecular complexity index is 609. The van der Waals surface area contributed by atoms with E-state index in [-0.39, 0.29) is 28.5 Å². The Labute approximate surface area is 118 Å². The van der Waals surface area contributed by atoms with Crippen molar-refractivity contribution in [1.82, 2.24) is 4.31 Å². The first-order valence-corrected chi connectivity index (χ1v) is 8.06. The third-order valence-electron chi connectivity index (χ3n) is 3.75. The van der Waals surface area contributed by atoms with Gasteiger partial charge < -0.3 is 9.52 Å². The topological polar surface area (TPSA) is 87.8 Å². The number of hydrogen-bond acceptors (Lipinski definition) is 4. The van der Waals surface area contributed by atoms with Crippen LogP contribution in [0.2, 0.25) is 0 Å². The highest BCUT2D eigenvalue weighted by molar-refractivity contribution is 7.89. The number of hydrogen-bond donors (Lipinski definition) is 1. The van der Waals surface area contributed by atoms with E-state index in [9.17, 15) is 13.2 Å². The molecule has 0 unspecified atom stereocenters. The predicted octanol–water partition coefficient (Wildman–Crippen LogP) is 2.24. The van der Waals surface area contributed by atoms with E-state index in [0.29, 0.717) is 0 Å². The highest BCUT2D eigenvalue weighted by Gasteiger charge is 2.38. The summed E-state index contributed by atoms with van der Waals surface area (Å²) >= 11 is 0. The zero-order valence-corrected chi connectivity index (χ0v) is 12.6. The summed E-state index contributed by atoms with van der Waals surface area (Å²) in [5, 5.41) is 8.90. The van der Waals surface area contributed by atoms with Gasteiger partial charge in [-0.25, -0.2) is 13.2 Å². The van der Waals surface area contributed by atoms with E-state index in [0.717, 1.165) is 25.3 Å². The number of carboxylic acids is 1. The molecule has 0 amide bonds. The molecule has 0 saturated carbocycles. The fraction of sp³-hybridized carbons (Fsp3) is 0.615. The molecular weight excluding hydrogens is 282 g/mol. The number of aryl methyl sites for hydroxylation is 1. The van der Waals surface area contributed by atoms with Crippen LogP contribution in [-0.2, 0) is 10.0 Å². The Balaban J connectivity index is 2.46. The van der Waals surface area contributed by atoms with Crippen LogP contribution >= 0.6 is 0 Å². The van der Waals surface area contributed by atoms with Crippen LogP contribution in [0.5, 0.6) is 0 Å². The van der Waals surface area contributed by atoms with E-state index in [4.69, 9.17) is 9.52 Å². The largest absolute Gasteiger partial charge is 0.475 e. The molecule has 1 fully saturated rings. The van der Waals surface area contributed by atoms with Gasteiger partial charge in [-0.3, -0.25) is 0 Å². The molecule has 1 aromatic rings. The van der Waals surface area contributed by atoms with Gasteiger partial charge in [-0.05, 0) is 33.6 Å². The van der Waals surface area contributed by atoms with Gasteiger partial charge in [-0.2, -0.15) is 4.31 Å². The molecule has 0 spiro atoms. The first kappa shape index (κ1) is 15.1. The summed E-state index contributed by atoms with van der Waals surface area (Å²) in [5.74, 6) is -1.50. The average Bonchev–Trinajstić information content (AvgIpc) is 2.71. The molecule has 6 nitrogen and oxygen atoms in total. The zero-order valence-electron chi connectivity index (χ0n) is 11.8. The van der Waals surface area contributed by atoms with E-state index < -0.39 is 16.0 Å². The highest BCUT2D eigenvalue weighted by Crippen LogP contribution is 2.32. The molecule has 0 aliphatic carbocycles. The molecular formula is C13H19NO5S. The zero-order chi connectivity index (χ0) is 15.1. The van der Waals surface area contributed by atoms with Crippen molar-refractivity contribution in [2.24, 2.45) is 0 Å². The van der Waals surface area contributed by atoms with Crippen LogP contribution in [0.15, 0.2) is 15.4 Å². The van der Waals surface area contributed by atoms with Crippen molar-refractivity contribution in [3.63, 3.8) is 0 Å². The number of piperidine rings is 1. The Morgan fingerprint density at radius 1 is 1.35 bits per heavy atom. The summed E-state index contributed by atoms with van der Waals surface area (Å²) in [6.07, 6.45) is 2.62. The molecule has 2 atom stereocenters. The van der Waals surface area contributed by atoms with Crippen LogP contribution in [0.3, 0.4) is 0 Å². The van der Waals surface area contributed by atoms with E-state index in [1.54, 1.807) is 0 Å². The molecule has 1 aliphatic heterocycles. The summed E-state index contributed by atoms with van der Waals surface area (Å²) < 4.78 is 32.0. The Morgan fingerprint density at radius 3 is 2.35 bits per heavy atom. The SMILES string of the molecule is Cc1oc(C(=O)O)cc1S(=O)(=O)N1[C@H](C)CCC[C@@H]1C. The predicted molar refractivity (Wildman–Crippen MR) is 72.2 cm³/mol. The quantitative estimate of drug-likeness (QED) is 0.925. The number of carbonyl (C=O) groups is 1. The number of aromatic carboxylic acids is 1. The van der Waals surface area contributed by atoms with Crippen LogP contribution < -0.4 is 0 Å². The maximum absolute atomic E-state index is 12.7. The second kappa shape index (κ2) is 5.21. The molecule has 112 valence electrons. The maximum Gasteiger partial charge on any atom is 0.371 e. The highest BCUT2D eigenvalue weighted by atomic mass is 32.2. The van der Waals surface area contributed by atoms with E-state index >= 15 is 0 Å². The lowest BCUT2D eigenvalue weighted by molar-refractivity contribution is 0.0661. The summed E-state index contributed by atoms with van der Waals surface area (Å²) in [6.45, 7) is 5.22. The van der Waals surface area contributed by atoms with Crippen molar-refractivity contribution in [1.29, 1.82) is 0 Å². The van der Waals surface area contributed by atoms with Gasteiger partial charge in [0.2, 0.25) is 15.8 Å². The van der Waals surface area contributed by atoms with Gasteiger partial charge in [0.25, 0.3) is 0 Å². The lowest BCUT2D eigenvalue weighted by atomic mass is 10.0. The molecule has 1 aromatic heterocycles. The monoisotopic (exact) mass is 301 g/mol. The van der Waals surface area contributed by atoms with Crippen molar-refractivity contribution in [3.8, 4) is 0 Å². The first-order chi connectivity index (χ1) is 9.25. The third kappa shape index (κ3) is 2.47. The van der Waals surface area contributed by atoms with E-state index in [1.165, 1.54) is 11.2 Å². The molecule has 2 heterocycles. The third-order valence-corrected chi connectivity index (χ3v) is 5.99. The summed E-state index contributed by atoms with van der Waals surface area (Å²) in [5.41, 5.74) is 0. The van der Waals surface area contributed by atoms with Gasteiger partial charge in [0.1, 0.15) is 10.7 Å².